The fraction of sp³-hybridized carbons (Fsp3) is 0.214. The van der Waals surface area contributed by atoms with E-state index in [1.807, 2.05) is 25.2 Å². The van der Waals surface area contributed by atoms with E-state index < -0.39 is 0 Å². The third-order valence-corrected chi connectivity index (χ3v) is 2.43. The van der Waals surface area contributed by atoms with Gasteiger partial charge in [0.25, 0.3) is 0 Å². The minimum absolute atomic E-state index is 0.248. The molecule has 1 N–H and O–H groups in total. The molecule has 0 radical (unpaired) electrons. The zero-order valence-electron chi connectivity index (χ0n) is 10.2. The van der Waals surface area contributed by atoms with Crippen LogP contribution in [0.15, 0.2) is 42.5 Å². The molecule has 0 aliphatic heterocycles. The fourth-order valence-corrected chi connectivity index (χ4v) is 1.60. The van der Waals surface area contributed by atoms with Gasteiger partial charge in [0.05, 0.1) is 11.4 Å². The van der Waals surface area contributed by atoms with Crippen molar-refractivity contribution in [2.45, 2.75) is 13.2 Å². The molecule has 0 saturated carbocycles. The Morgan fingerprint density at radius 2 is 1.89 bits per heavy atom. The Morgan fingerprint density at radius 3 is 2.67 bits per heavy atom. The van der Waals surface area contributed by atoms with E-state index in [0.717, 1.165) is 11.4 Å². The number of ether oxygens (including phenoxy) is 1. The molecule has 0 spiro atoms. The summed E-state index contributed by atoms with van der Waals surface area (Å²) >= 11 is 0. The number of pyridine rings is 1. The summed E-state index contributed by atoms with van der Waals surface area (Å²) in [7, 11) is 1.87. The summed E-state index contributed by atoms with van der Waals surface area (Å²) in [5, 5.41) is 3.03. The van der Waals surface area contributed by atoms with Crippen LogP contribution in [0.25, 0.3) is 0 Å². The van der Waals surface area contributed by atoms with Crippen LogP contribution in [-0.4, -0.2) is 12.0 Å². The second kappa shape index (κ2) is 6.12. The van der Waals surface area contributed by atoms with Gasteiger partial charge in [0.1, 0.15) is 6.61 Å². The molecular formula is C14H15FN2O. The Labute approximate surface area is 106 Å². The quantitative estimate of drug-likeness (QED) is 0.880. The van der Waals surface area contributed by atoms with Crippen molar-refractivity contribution in [3.8, 4) is 5.75 Å². The number of halogens is 1. The summed E-state index contributed by atoms with van der Waals surface area (Å²) in [5.41, 5.74) is 1.72. The highest BCUT2D eigenvalue weighted by Crippen LogP contribution is 2.16. The molecule has 2 rings (SSSR count). The first-order valence-corrected chi connectivity index (χ1v) is 5.76. The van der Waals surface area contributed by atoms with Crippen molar-refractivity contribution >= 4 is 0 Å². The number of benzene rings is 1. The molecule has 2 aromatic rings. The topological polar surface area (TPSA) is 34.1 Å². The lowest BCUT2D eigenvalue weighted by molar-refractivity contribution is 0.285. The van der Waals surface area contributed by atoms with E-state index in [1.54, 1.807) is 18.2 Å². The first kappa shape index (κ1) is 12.5. The van der Waals surface area contributed by atoms with Gasteiger partial charge in [-0.1, -0.05) is 18.2 Å². The SMILES string of the molecule is CNCc1cccc(COc2ccccc2F)n1. The van der Waals surface area contributed by atoms with Gasteiger partial charge in [-0.3, -0.25) is 4.98 Å². The maximum Gasteiger partial charge on any atom is 0.165 e. The van der Waals surface area contributed by atoms with Crippen molar-refractivity contribution in [2.24, 2.45) is 0 Å². The molecule has 94 valence electrons. The van der Waals surface area contributed by atoms with E-state index in [2.05, 4.69) is 10.3 Å². The van der Waals surface area contributed by atoms with Gasteiger partial charge in [-0.25, -0.2) is 4.39 Å². The zero-order chi connectivity index (χ0) is 12.8. The van der Waals surface area contributed by atoms with Crippen LogP contribution in [0.5, 0.6) is 5.75 Å². The summed E-state index contributed by atoms with van der Waals surface area (Å²) in [6.45, 7) is 0.964. The summed E-state index contributed by atoms with van der Waals surface area (Å²) in [6, 6.07) is 12.1. The van der Waals surface area contributed by atoms with E-state index in [-0.39, 0.29) is 18.2 Å². The maximum atomic E-state index is 13.3. The van der Waals surface area contributed by atoms with E-state index in [0.29, 0.717) is 6.54 Å². The molecule has 3 nitrogen and oxygen atoms in total. The highest BCUT2D eigenvalue weighted by molar-refractivity contribution is 5.24. The molecule has 18 heavy (non-hydrogen) atoms. The molecule has 0 unspecified atom stereocenters. The first-order valence-electron chi connectivity index (χ1n) is 5.76. The number of para-hydroxylation sites is 1. The Bertz CT molecular complexity index is 517. The third-order valence-electron chi connectivity index (χ3n) is 2.43. The third kappa shape index (κ3) is 3.28. The smallest absolute Gasteiger partial charge is 0.165 e. The first-order chi connectivity index (χ1) is 8.79. The largest absolute Gasteiger partial charge is 0.484 e. The summed E-state index contributed by atoms with van der Waals surface area (Å²) < 4.78 is 18.7. The van der Waals surface area contributed by atoms with Crippen LogP contribution >= 0.6 is 0 Å². The van der Waals surface area contributed by atoms with E-state index in [1.165, 1.54) is 6.07 Å². The lowest BCUT2D eigenvalue weighted by Crippen LogP contribution is -2.08. The monoisotopic (exact) mass is 246 g/mol. The van der Waals surface area contributed by atoms with Gasteiger partial charge in [0, 0.05) is 6.54 Å². The Hall–Kier alpha value is -1.94. The van der Waals surface area contributed by atoms with Crippen LogP contribution in [0, 0.1) is 5.82 Å². The van der Waals surface area contributed by atoms with Gasteiger partial charge in [-0.05, 0) is 31.3 Å². The molecule has 1 aromatic heterocycles. The van der Waals surface area contributed by atoms with Gasteiger partial charge in [-0.2, -0.15) is 0 Å². The zero-order valence-corrected chi connectivity index (χ0v) is 10.2. The van der Waals surface area contributed by atoms with Gasteiger partial charge in [-0.15, -0.1) is 0 Å². The summed E-state index contributed by atoms with van der Waals surface area (Å²) in [5.74, 6) is -0.109. The number of rotatable bonds is 5. The van der Waals surface area contributed by atoms with Crippen LogP contribution in [0.2, 0.25) is 0 Å². The molecule has 0 fully saturated rings. The Morgan fingerprint density at radius 1 is 1.11 bits per heavy atom. The van der Waals surface area contributed by atoms with Crippen molar-refractivity contribution in [3.05, 3.63) is 59.7 Å². The number of nitrogens with zero attached hydrogens (tertiary/aromatic N) is 1. The lowest BCUT2D eigenvalue weighted by Gasteiger charge is -2.07. The van der Waals surface area contributed by atoms with Gasteiger partial charge in [0.2, 0.25) is 0 Å². The maximum absolute atomic E-state index is 13.3. The molecular weight excluding hydrogens is 231 g/mol. The minimum Gasteiger partial charge on any atom is -0.484 e. The van der Waals surface area contributed by atoms with Crippen molar-refractivity contribution in [1.29, 1.82) is 0 Å². The van der Waals surface area contributed by atoms with Gasteiger partial charge >= 0.3 is 0 Å². The van der Waals surface area contributed by atoms with Crippen LogP contribution in [0.4, 0.5) is 4.39 Å². The second-order valence-electron chi connectivity index (χ2n) is 3.87. The predicted molar refractivity (Wildman–Crippen MR) is 67.7 cm³/mol. The fourth-order valence-electron chi connectivity index (χ4n) is 1.60. The van der Waals surface area contributed by atoms with Crippen LogP contribution < -0.4 is 10.1 Å². The van der Waals surface area contributed by atoms with E-state index >= 15 is 0 Å². The van der Waals surface area contributed by atoms with Crippen LogP contribution in [0.3, 0.4) is 0 Å². The molecule has 4 heteroatoms. The van der Waals surface area contributed by atoms with Crippen LogP contribution in [-0.2, 0) is 13.2 Å². The molecule has 0 saturated heterocycles. The number of hydrogen-bond donors (Lipinski definition) is 1. The van der Waals surface area contributed by atoms with Gasteiger partial charge in [0.15, 0.2) is 11.6 Å². The average molecular weight is 246 g/mol. The summed E-state index contributed by atoms with van der Waals surface area (Å²) in [6.07, 6.45) is 0. The Kier molecular flexibility index (Phi) is 4.25. The molecule has 0 bridgehead atoms. The van der Waals surface area contributed by atoms with Crippen molar-refractivity contribution in [1.82, 2.24) is 10.3 Å². The molecule has 0 aliphatic rings. The second-order valence-corrected chi connectivity index (χ2v) is 3.87. The molecule has 0 atom stereocenters. The highest BCUT2D eigenvalue weighted by atomic mass is 19.1. The van der Waals surface area contributed by atoms with Crippen molar-refractivity contribution < 1.29 is 9.13 Å². The van der Waals surface area contributed by atoms with Gasteiger partial charge < -0.3 is 10.1 Å². The summed E-state index contributed by atoms with van der Waals surface area (Å²) in [4.78, 5) is 4.40. The lowest BCUT2D eigenvalue weighted by atomic mass is 10.3. The van der Waals surface area contributed by atoms with Crippen molar-refractivity contribution in [2.75, 3.05) is 7.05 Å². The Balaban J connectivity index is 2.02. The molecule has 1 heterocycles. The normalized spacial score (nSPS) is 10.3. The van der Waals surface area contributed by atoms with E-state index in [9.17, 15) is 4.39 Å². The minimum atomic E-state index is -0.358. The molecule has 1 aromatic carbocycles. The predicted octanol–water partition coefficient (Wildman–Crippen LogP) is 2.52. The van der Waals surface area contributed by atoms with Crippen LogP contribution in [0.1, 0.15) is 11.4 Å². The number of hydrogen-bond acceptors (Lipinski definition) is 3. The highest BCUT2D eigenvalue weighted by Gasteiger charge is 2.03. The average Bonchev–Trinajstić information content (AvgIpc) is 2.39. The number of nitrogens with one attached hydrogen (secondary N) is 1. The standard InChI is InChI=1S/C14H15FN2O/c1-16-9-11-5-4-6-12(17-11)10-18-14-8-3-2-7-13(14)15/h2-8,16H,9-10H2,1H3. The van der Waals surface area contributed by atoms with E-state index in [4.69, 9.17) is 4.74 Å². The van der Waals surface area contributed by atoms with Crippen molar-refractivity contribution in [3.63, 3.8) is 0 Å². The molecule has 0 aliphatic carbocycles. The molecule has 0 amide bonds. The number of aromatic nitrogens is 1.